The number of hydrogen-bond donors (Lipinski definition) is 1. The zero-order valence-electron chi connectivity index (χ0n) is 10.8. The molecule has 0 aliphatic heterocycles. The molecule has 0 aliphatic rings. The first-order valence-electron chi connectivity index (χ1n) is 5.81. The Morgan fingerprint density at radius 3 is 2.62 bits per heavy atom. The largest absolute Gasteiger partial charge is 0.404 e. The van der Waals surface area contributed by atoms with Crippen LogP contribution in [0, 0.1) is 22.9 Å². The minimum atomic E-state index is -0.633. The maximum absolute atomic E-state index is 12.8. The summed E-state index contributed by atoms with van der Waals surface area (Å²) in [5.74, 6) is -1.17. The number of aromatic nitrogens is 2. The van der Waals surface area contributed by atoms with Crippen molar-refractivity contribution in [2.24, 2.45) is 0 Å². The highest BCUT2D eigenvalue weighted by molar-refractivity contribution is 9.10. The molecule has 7 nitrogen and oxygen atoms in total. The normalized spacial score (nSPS) is 10.4. The first-order valence-corrected chi connectivity index (χ1v) is 6.60. The molecule has 0 aliphatic carbocycles. The standard InChI is InChI=1S/C12H10BrFN4O3/c1-7-11(13)12(18(20)21)16-17(7)6-10(19)15-9-4-2-8(14)3-5-9/h2-5H,6H2,1H3,(H,15,19). The van der Waals surface area contributed by atoms with Crippen LogP contribution in [0.2, 0.25) is 0 Å². The molecule has 0 bridgehead atoms. The molecule has 1 amide bonds. The van der Waals surface area contributed by atoms with Crippen molar-refractivity contribution in [3.63, 3.8) is 0 Å². The molecule has 0 atom stereocenters. The van der Waals surface area contributed by atoms with Gasteiger partial charge < -0.3 is 15.4 Å². The number of nitrogens with one attached hydrogen (secondary N) is 1. The van der Waals surface area contributed by atoms with Gasteiger partial charge in [-0.2, -0.15) is 4.68 Å². The van der Waals surface area contributed by atoms with Gasteiger partial charge in [0.2, 0.25) is 5.91 Å². The highest BCUT2D eigenvalue weighted by atomic mass is 79.9. The quantitative estimate of drug-likeness (QED) is 0.673. The Labute approximate surface area is 127 Å². The maximum Gasteiger partial charge on any atom is 0.404 e. The van der Waals surface area contributed by atoms with Gasteiger partial charge in [0, 0.05) is 5.69 Å². The third-order valence-corrected chi connectivity index (χ3v) is 3.64. The van der Waals surface area contributed by atoms with E-state index in [9.17, 15) is 19.3 Å². The van der Waals surface area contributed by atoms with Crippen molar-refractivity contribution in [2.75, 3.05) is 5.32 Å². The second kappa shape index (κ2) is 6.00. The number of halogens is 2. The lowest BCUT2D eigenvalue weighted by Gasteiger charge is -2.04. The van der Waals surface area contributed by atoms with E-state index in [1.165, 1.54) is 28.9 Å². The van der Waals surface area contributed by atoms with Crippen molar-refractivity contribution in [3.05, 3.63) is 50.4 Å². The van der Waals surface area contributed by atoms with Gasteiger partial charge >= 0.3 is 5.82 Å². The van der Waals surface area contributed by atoms with Crippen LogP contribution in [-0.2, 0) is 11.3 Å². The zero-order valence-corrected chi connectivity index (χ0v) is 12.4. The summed E-state index contributed by atoms with van der Waals surface area (Å²) in [6.07, 6.45) is 0. The van der Waals surface area contributed by atoms with Gasteiger partial charge in [-0.3, -0.25) is 4.79 Å². The summed E-state index contributed by atoms with van der Waals surface area (Å²) in [5.41, 5.74) is 0.899. The van der Waals surface area contributed by atoms with Gasteiger partial charge in [-0.15, -0.1) is 0 Å². The van der Waals surface area contributed by atoms with Crippen LogP contribution in [0.15, 0.2) is 28.7 Å². The van der Waals surface area contributed by atoms with E-state index in [0.717, 1.165) is 0 Å². The van der Waals surface area contributed by atoms with Crippen LogP contribution in [0.1, 0.15) is 5.69 Å². The number of rotatable bonds is 4. The average molecular weight is 357 g/mol. The average Bonchev–Trinajstić information content (AvgIpc) is 2.70. The van der Waals surface area contributed by atoms with E-state index in [1.807, 2.05) is 0 Å². The molecule has 1 aromatic heterocycles. The Morgan fingerprint density at radius 1 is 1.48 bits per heavy atom. The smallest absolute Gasteiger partial charge is 0.358 e. The highest BCUT2D eigenvalue weighted by Crippen LogP contribution is 2.26. The molecule has 1 heterocycles. The van der Waals surface area contributed by atoms with Crippen LogP contribution in [0.3, 0.4) is 0 Å². The minimum Gasteiger partial charge on any atom is -0.358 e. The second-order valence-electron chi connectivity index (χ2n) is 4.19. The van der Waals surface area contributed by atoms with Crippen molar-refractivity contribution in [1.29, 1.82) is 0 Å². The third-order valence-electron chi connectivity index (χ3n) is 2.71. The molecule has 9 heteroatoms. The molecule has 2 aromatic rings. The molecule has 1 N–H and O–H groups in total. The van der Waals surface area contributed by atoms with E-state index in [2.05, 4.69) is 26.3 Å². The Hall–Kier alpha value is -2.29. The molecule has 1 aromatic carbocycles. The molecular formula is C12H10BrFN4O3. The lowest BCUT2D eigenvalue weighted by Crippen LogP contribution is -2.20. The molecule has 2 rings (SSSR count). The fraction of sp³-hybridized carbons (Fsp3) is 0.167. The number of hydrogen-bond acceptors (Lipinski definition) is 4. The van der Waals surface area contributed by atoms with E-state index in [-0.39, 0.29) is 16.8 Å². The predicted octanol–water partition coefficient (Wildman–Crippen LogP) is 2.64. The van der Waals surface area contributed by atoms with Gasteiger partial charge in [0.15, 0.2) is 0 Å². The Bertz CT molecular complexity index is 699. The molecule has 0 spiro atoms. The first-order chi connectivity index (χ1) is 9.88. The molecule has 0 unspecified atom stereocenters. The summed E-state index contributed by atoms with van der Waals surface area (Å²) in [4.78, 5) is 22.0. The summed E-state index contributed by atoms with van der Waals surface area (Å²) < 4.78 is 14.2. The van der Waals surface area contributed by atoms with Gasteiger partial charge in [-0.05, 0) is 52.0 Å². The molecule has 21 heavy (non-hydrogen) atoms. The van der Waals surface area contributed by atoms with Crippen LogP contribution in [-0.4, -0.2) is 20.6 Å². The summed E-state index contributed by atoms with van der Waals surface area (Å²) >= 11 is 3.07. The number of nitro groups is 1. The Morgan fingerprint density at radius 2 is 2.10 bits per heavy atom. The van der Waals surface area contributed by atoms with Gasteiger partial charge in [-0.25, -0.2) is 4.39 Å². The predicted molar refractivity (Wildman–Crippen MR) is 76.3 cm³/mol. The lowest BCUT2D eigenvalue weighted by atomic mass is 10.3. The Kier molecular flexibility index (Phi) is 4.32. The molecule has 110 valence electrons. The first kappa shape index (κ1) is 15.1. The molecule has 0 fully saturated rings. The van der Waals surface area contributed by atoms with Gasteiger partial charge in [0.25, 0.3) is 0 Å². The molecule has 0 saturated carbocycles. The lowest BCUT2D eigenvalue weighted by molar-refractivity contribution is -0.390. The third kappa shape index (κ3) is 3.43. The van der Waals surface area contributed by atoms with Crippen molar-refractivity contribution in [2.45, 2.75) is 13.5 Å². The number of benzene rings is 1. The fourth-order valence-corrected chi connectivity index (χ4v) is 2.08. The monoisotopic (exact) mass is 356 g/mol. The SMILES string of the molecule is Cc1c(Br)c([N+](=O)[O-])nn1CC(=O)Nc1ccc(F)cc1. The zero-order chi connectivity index (χ0) is 15.6. The van der Waals surface area contributed by atoms with Gasteiger partial charge in [-0.1, -0.05) is 0 Å². The van der Waals surface area contributed by atoms with Gasteiger partial charge in [0.05, 0.1) is 10.8 Å². The number of carbonyl (C=O) groups is 1. The van der Waals surface area contributed by atoms with Crippen LogP contribution < -0.4 is 5.32 Å². The summed E-state index contributed by atoms with van der Waals surface area (Å²) in [7, 11) is 0. The fourth-order valence-electron chi connectivity index (χ4n) is 1.65. The topological polar surface area (TPSA) is 90.1 Å². The van der Waals surface area contributed by atoms with E-state index in [4.69, 9.17) is 0 Å². The van der Waals surface area contributed by atoms with Crippen molar-refractivity contribution < 1.29 is 14.1 Å². The molecular weight excluding hydrogens is 347 g/mol. The van der Waals surface area contributed by atoms with Crippen LogP contribution in [0.5, 0.6) is 0 Å². The minimum absolute atomic E-state index is 0.185. The Balaban J connectivity index is 2.11. The van der Waals surface area contributed by atoms with Crippen LogP contribution in [0.4, 0.5) is 15.9 Å². The van der Waals surface area contributed by atoms with E-state index < -0.39 is 16.6 Å². The summed E-state index contributed by atoms with van der Waals surface area (Å²) in [6, 6.07) is 5.27. The van der Waals surface area contributed by atoms with E-state index in [1.54, 1.807) is 6.92 Å². The number of carbonyl (C=O) groups excluding carboxylic acids is 1. The maximum atomic E-state index is 12.8. The number of anilines is 1. The van der Waals surface area contributed by atoms with Gasteiger partial charge in [0.1, 0.15) is 16.8 Å². The highest BCUT2D eigenvalue weighted by Gasteiger charge is 2.24. The second-order valence-corrected chi connectivity index (χ2v) is 4.99. The molecule has 0 radical (unpaired) electrons. The number of amides is 1. The van der Waals surface area contributed by atoms with Crippen molar-refractivity contribution >= 4 is 33.3 Å². The summed E-state index contributed by atoms with van der Waals surface area (Å²) in [6.45, 7) is 1.42. The summed E-state index contributed by atoms with van der Waals surface area (Å²) in [5, 5.41) is 17.1. The van der Waals surface area contributed by atoms with Crippen LogP contribution in [0.25, 0.3) is 0 Å². The van der Waals surface area contributed by atoms with Crippen molar-refractivity contribution in [3.8, 4) is 0 Å². The van der Waals surface area contributed by atoms with Crippen molar-refractivity contribution in [1.82, 2.24) is 9.78 Å². The number of nitrogens with zero attached hydrogens (tertiary/aromatic N) is 3. The molecule has 0 saturated heterocycles. The van der Waals surface area contributed by atoms with Crippen LogP contribution >= 0.6 is 15.9 Å². The van der Waals surface area contributed by atoms with E-state index >= 15 is 0 Å². The van der Waals surface area contributed by atoms with E-state index in [0.29, 0.717) is 11.4 Å².